The third-order valence-corrected chi connectivity index (χ3v) is 5.76. The van der Waals surface area contributed by atoms with E-state index in [4.69, 9.17) is 5.11 Å². The Bertz CT molecular complexity index is 547. The first-order chi connectivity index (χ1) is 9.60. The van der Waals surface area contributed by atoms with Gasteiger partial charge in [0.2, 0.25) is 0 Å². The van der Waals surface area contributed by atoms with Crippen LogP contribution in [0.25, 0.3) is 0 Å². The quantitative estimate of drug-likeness (QED) is 0.771. The Kier molecular flexibility index (Phi) is 5.00. The summed E-state index contributed by atoms with van der Waals surface area (Å²) in [4.78, 5) is 12.9. The lowest BCUT2D eigenvalue weighted by molar-refractivity contribution is -0.138. The fraction of sp³-hybridized carbons (Fsp3) is 0.467. The molecule has 0 unspecified atom stereocenters. The van der Waals surface area contributed by atoms with Gasteiger partial charge in [0.25, 0.3) is 0 Å². The molecule has 0 amide bonds. The van der Waals surface area contributed by atoms with Gasteiger partial charge in [0, 0.05) is 15.5 Å². The lowest BCUT2D eigenvalue weighted by atomic mass is 10.1. The summed E-state index contributed by atoms with van der Waals surface area (Å²) in [6.07, 6.45) is 2.21. The number of nitriles is 1. The number of benzene rings is 1. The zero-order valence-electron chi connectivity index (χ0n) is 11.4. The molecule has 1 N–H and O–H groups in total. The van der Waals surface area contributed by atoms with Gasteiger partial charge in [-0.15, -0.1) is 23.5 Å². The number of nitrogens with zero attached hydrogens (tertiary/aromatic N) is 1. The molecule has 0 aliphatic heterocycles. The van der Waals surface area contributed by atoms with Crippen molar-refractivity contribution >= 4 is 29.5 Å². The lowest BCUT2D eigenvalue weighted by Crippen LogP contribution is -2.11. The van der Waals surface area contributed by atoms with Crippen molar-refractivity contribution in [2.24, 2.45) is 5.41 Å². The Labute approximate surface area is 127 Å². The van der Waals surface area contributed by atoms with Gasteiger partial charge in [-0.25, -0.2) is 0 Å². The van der Waals surface area contributed by atoms with Crippen LogP contribution in [-0.4, -0.2) is 22.6 Å². The molecule has 2 rings (SSSR count). The van der Waals surface area contributed by atoms with Gasteiger partial charge in [0.15, 0.2) is 0 Å². The summed E-state index contributed by atoms with van der Waals surface area (Å²) in [6, 6.07) is 8.19. The molecule has 0 radical (unpaired) electrons. The summed E-state index contributed by atoms with van der Waals surface area (Å²) >= 11 is 3.29. The lowest BCUT2D eigenvalue weighted by Gasteiger charge is -2.13. The van der Waals surface area contributed by atoms with Gasteiger partial charge in [-0.2, -0.15) is 5.26 Å². The van der Waals surface area contributed by atoms with Crippen LogP contribution in [0.3, 0.4) is 0 Å². The molecule has 1 aromatic carbocycles. The van der Waals surface area contributed by atoms with E-state index < -0.39 is 5.97 Å². The van der Waals surface area contributed by atoms with Crippen LogP contribution in [0.15, 0.2) is 28.0 Å². The van der Waals surface area contributed by atoms with E-state index in [2.05, 4.69) is 13.0 Å². The smallest absolute Gasteiger partial charge is 0.303 e. The third kappa shape index (κ3) is 3.71. The van der Waals surface area contributed by atoms with Crippen LogP contribution < -0.4 is 0 Å². The van der Waals surface area contributed by atoms with Crippen molar-refractivity contribution < 1.29 is 9.90 Å². The number of carboxylic acid groups (broad SMARTS) is 1. The predicted molar refractivity (Wildman–Crippen MR) is 82.2 cm³/mol. The predicted octanol–water partition coefficient (Wildman–Crippen LogP) is 4.02. The first-order valence-corrected chi connectivity index (χ1v) is 8.58. The molecule has 1 saturated carbocycles. The molecule has 1 aliphatic carbocycles. The Morgan fingerprint density at radius 2 is 2.05 bits per heavy atom. The van der Waals surface area contributed by atoms with E-state index in [1.807, 2.05) is 18.2 Å². The molecule has 20 heavy (non-hydrogen) atoms. The highest BCUT2D eigenvalue weighted by molar-refractivity contribution is 8.00. The second-order valence-corrected chi connectivity index (χ2v) is 7.36. The topological polar surface area (TPSA) is 61.1 Å². The molecule has 1 fully saturated rings. The monoisotopic (exact) mass is 307 g/mol. The fourth-order valence-electron chi connectivity index (χ4n) is 2.12. The Morgan fingerprint density at radius 1 is 1.40 bits per heavy atom. The van der Waals surface area contributed by atoms with E-state index in [9.17, 15) is 10.1 Å². The molecule has 0 atom stereocenters. The van der Waals surface area contributed by atoms with E-state index >= 15 is 0 Å². The molecule has 5 heteroatoms. The van der Waals surface area contributed by atoms with Crippen molar-refractivity contribution in [3.05, 3.63) is 23.8 Å². The highest BCUT2D eigenvalue weighted by Crippen LogP contribution is 2.52. The molecule has 0 spiro atoms. The van der Waals surface area contributed by atoms with Gasteiger partial charge in [0.1, 0.15) is 6.07 Å². The number of carbonyl (C=O) groups is 1. The maximum atomic E-state index is 10.9. The number of carboxylic acids is 1. The van der Waals surface area contributed by atoms with Crippen molar-refractivity contribution in [1.29, 1.82) is 5.26 Å². The molecular formula is C15H17NO2S2. The minimum atomic E-state index is -0.723. The summed E-state index contributed by atoms with van der Waals surface area (Å²) in [5, 5.41) is 18.3. The number of aliphatic carboxylic acids is 1. The summed E-state index contributed by atoms with van der Waals surface area (Å²) in [7, 11) is 0. The van der Waals surface area contributed by atoms with Crippen molar-refractivity contribution in [2.45, 2.75) is 36.0 Å². The maximum absolute atomic E-state index is 10.9. The highest BCUT2D eigenvalue weighted by atomic mass is 32.2. The van der Waals surface area contributed by atoms with Crippen LogP contribution >= 0.6 is 23.5 Å². The van der Waals surface area contributed by atoms with Crippen molar-refractivity contribution in [1.82, 2.24) is 0 Å². The van der Waals surface area contributed by atoms with E-state index in [1.165, 1.54) is 0 Å². The van der Waals surface area contributed by atoms with Crippen LogP contribution in [0.5, 0.6) is 0 Å². The zero-order chi connectivity index (χ0) is 14.6. The second-order valence-electron chi connectivity index (χ2n) is 5.03. The van der Waals surface area contributed by atoms with E-state index in [1.54, 1.807) is 23.5 Å². The average molecular weight is 307 g/mol. The Hall–Kier alpha value is -1.12. The molecular weight excluding hydrogens is 290 g/mol. The molecule has 0 aromatic heterocycles. The molecule has 0 bridgehead atoms. The fourth-order valence-corrected chi connectivity index (χ4v) is 4.30. The van der Waals surface area contributed by atoms with E-state index in [-0.39, 0.29) is 11.8 Å². The molecule has 0 heterocycles. The second kappa shape index (κ2) is 6.55. The third-order valence-electron chi connectivity index (χ3n) is 3.42. The highest BCUT2D eigenvalue weighted by Gasteiger charge is 2.44. The van der Waals surface area contributed by atoms with Crippen LogP contribution in [0, 0.1) is 16.7 Å². The largest absolute Gasteiger partial charge is 0.481 e. The number of thioether (sulfide) groups is 2. The van der Waals surface area contributed by atoms with Gasteiger partial charge < -0.3 is 5.11 Å². The molecule has 3 nitrogen and oxygen atoms in total. The minimum absolute atomic E-state index is 0.0445. The van der Waals surface area contributed by atoms with Gasteiger partial charge in [-0.3, -0.25) is 4.79 Å². The van der Waals surface area contributed by atoms with Gasteiger partial charge in [0.05, 0.1) is 12.0 Å². The average Bonchev–Trinajstić information content (AvgIpc) is 3.16. The van der Waals surface area contributed by atoms with E-state index in [0.717, 1.165) is 39.7 Å². The van der Waals surface area contributed by atoms with Crippen LogP contribution in [0.4, 0.5) is 0 Å². The summed E-state index contributed by atoms with van der Waals surface area (Å²) < 4.78 is 0. The van der Waals surface area contributed by atoms with E-state index in [0.29, 0.717) is 0 Å². The summed E-state index contributed by atoms with van der Waals surface area (Å²) in [5.41, 5.74) is 0.687. The number of rotatable bonds is 7. The molecule has 106 valence electrons. The van der Waals surface area contributed by atoms with Gasteiger partial charge >= 0.3 is 5.97 Å². The van der Waals surface area contributed by atoms with Crippen molar-refractivity contribution in [2.75, 3.05) is 11.5 Å². The molecule has 0 saturated heterocycles. The first-order valence-electron chi connectivity index (χ1n) is 6.61. The number of hydrogen-bond acceptors (Lipinski definition) is 4. The van der Waals surface area contributed by atoms with Crippen LogP contribution in [-0.2, 0) is 4.79 Å². The molecule has 1 aliphatic rings. The van der Waals surface area contributed by atoms with Crippen LogP contribution in [0.1, 0.15) is 31.7 Å². The summed E-state index contributed by atoms with van der Waals surface area (Å²) in [5.74, 6) is 0.999. The maximum Gasteiger partial charge on any atom is 0.303 e. The first kappa shape index (κ1) is 15.3. The normalized spacial score (nSPS) is 15.6. The van der Waals surface area contributed by atoms with Gasteiger partial charge in [-0.1, -0.05) is 13.0 Å². The minimum Gasteiger partial charge on any atom is -0.481 e. The SMILES string of the molecule is CCSc1cccc(SCC2(CC(=O)O)CC2)c1C#N. The zero-order valence-corrected chi connectivity index (χ0v) is 13.0. The standard InChI is InChI=1S/C15H17NO2S2/c1-2-19-12-4-3-5-13(11(12)9-16)20-10-15(6-7-15)8-14(17)18/h3-5H,2,6-8,10H2,1H3,(H,17,18). The molecule has 1 aromatic rings. The van der Waals surface area contributed by atoms with Gasteiger partial charge in [-0.05, 0) is 36.1 Å². The van der Waals surface area contributed by atoms with Crippen LogP contribution in [0.2, 0.25) is 0 Å². The van der Waals surface area contributed by atoms with Crippen molar-refractivity contribution in [3.8, 4) is 6.07 Å². The number of hydrogen-bond donors (Lipinski definition) is 1. The van der Waals surface area contributed by atoms with Crippen molar-refractivity contribution in [3.63, 3.8) is 0 Å². The Balaban J connectivity index is 2.08. The Morgan fingerprint density at radius 3 is 2.55 bits per heavy atom. The summed E-state index contributed by atoms with van der Waals surface area (Å²) in [6.45, 7) is 2.07.